The second-order valence-corrected chi connectivity index (χ2v) is 5.13. The summed E-state index contributed by atoms with van der Waals surface area (Å²) in [6.07, 6.45) is 5.67. The summed E-state index contributed by atoms with van der Waals surface area (Å²) >= 11 is 0. The molecule has 5 heteroatoms. The third-order valence-corrected chi connectivity index (χ3v) is 3.83. The maximum absolute atomic E-state index is 12.5. The lowest BCUT2D eigenvalue weighted by molar-refractivity contribution is 0.651. The van der Waals surface area contributed by atoms with Gasteiger partial charge in [0.05, 0.1) is 17.1 Å². The van der Waals surface area contributed by atoms with E-state index in [0.717, 1.165) is 48.3 Å². The maximum atomic E-state index is 12.5. The Morgan fingerprint density at radius 3 is 2.95 bits per heavy atom. The summed E-state index contributed by atoms with van der Waals surface area (Å²) in [6.45, 7) is 0. The molecule has 5 nitrogen and oxygen atoms in total. The number of nitrogens with one attached hydrogen (secondary N) is 1. The molecule has 3 aromatic rings. The van der Waals surface area contributed by atoms with E-state index in [4.69, 9.17) is 0 Å². The molecule has 1 aliphatic carbocycles. The van der Waals surface area contributed by atoms with Crippen molar-refractivity contribution in [3.63, 3.8) is 0 Å². The molecule has 1 N–H and O–H groups in total. The van der Waals surface area contributed by atoms with E-state index in [1.807, 2.05) is 24.3 Å². The zero-order valence-electron chi connectivity index (χ0n) is 11.0. The number of fused-ring (bicyclic) bond motifs is 2. The Morgan fingerprint density at radius 2 is 2.10 bits per heavy atom. The quantitative estimate of drug-likeness (QED) is 0.732. The van der Waals surface area contributed by atoms with Crippen molar-refractivity contribution < 1.29 is 0 Å². The number of pyridine rings is 1. The Bertz CT molecular complexity index is 832. The van der Waals surface area contributed by atoms with Crippen LogP contribution in [0.1, 0.15) is 24.1 Å². The van der Waals surface area contributed by atoms with Gasteiger partial charge in [-0.3, -0.25) is 14.9 Å². The van der Waals surface area contributed by atoms with Crippen LogP contribution in [0.25, 0.3) is 17.0 Å². The first-order chi connectivity index (χ1) is 9.83. The largest absolute Gasteiger partial charge is 0.287 e. The van der Waals surface area contributed by atoms with Gasteiger partial charge in [0.1, 0.15) is 0 Å². The van der Waals surface area contributed by atoms with Crippen LogP contribution in [0, 0.1) is 0 Å². The van der Waals surface area contributed by atoms with Gasteiger partial charge < -0.3 is 0 Å². The molecule has 3 heterocycles. The highest BCUT2D eigenvalue weighted by atomic mass is 16.1. The van der Waals surface area contributed by atoms with Crippen molar-refractivity contribution in [2.45, 2.75) is 25.7 Å². The van der Waals surface area contributed by atoms with Gasteiger partial charge in [-0.25, -0.2) is 9.50 Å². The first-order valence-electron chi connectivity index (χ1n) is 6.88. The fraction of sp³-hybridized carbons (Fsp3) is 0.267. The van der Waals surface area contributed by atoms with E-state index < -0.39 is 0 Å². The van der Waals surface area contributed by atoms with Gasteiger partial charge in [-0.1, -0.05) is 6.07 Å². The molecular weight excluding hydrogens is 252 g/mol. The lowest BCUT2D eigenvalue weighted by atomic mass is 9.97. The first kappa shape index (κ1) is 11.4. The van der Waals surface area contributed by atoms with Gasteiger partial charge in [0, 0.05) is 17.8 Å². The van der Waals surface area contributed by atoms with E-state index >= 15 is 0 Å². The summed E-state index contributed by atoms with van der Waals surface area (Å²) in [5, 5.41) is 3.11. The highest BCUT2D eigenvalue weighted by Crippen LogP contribution is 2.19. The van der Waals surface area contributed by atoms with Crippen molar-refractivity contribution >= 4 is 5.65 Å². The third-order valence-electron chi connectivity index (χ3n) is 3.83. The number of aryl methyl sites for hydroxylation is 1. The minimum absolute atomic E-state index is 0.0341. The molecule has 0 saturated heterocycles. The fourth-order valence-electron chi connectivity index (χ4n) is 2.81. The SMILES string of the molecule is O=c1c2c(nc3cc(-c4ccccn4)[nH]n13)CCCC2. The topological polar surface area (TPSA) is 63.0 Å². The molecule has 3 aromatic heterocycles. The second-order valence-electron chi connectivity index (χ2n) is 5.13. The van der Waals surface area contributed by atoms with Gasteiger partial charge in [-0.15, -0.1) is 0 Å². The van der Waals surface area contributed by atoms with Crippen LogP contribution in [-0.4, -0.2) is 19.6 Å². The minimum atomic E-state index is 0.0341. The standard InChI is InChI=1S/C15H14N4O/c20-15-10-5-1-2-6-11(10)17-14-9-13(18-19(14)15)12-7-3-4-8-16-12/h3-4,7-9,18H,1-2,5-6H2. The molecule has 100 valence electrons. The number of aromatic nitrogens is 4. The zero-order chi connectivity index (χ0) is 13.5. The molecule has 4 rings (SSSR count). The van der Waals surface area contributed by atoms with Crippen molar-refractivity contribution in [3.8, 4) is 11.4 Å². The van der Waals surface area contributed by atoms with Gasteiger partial charge in [0.15, 0.2) is 5.65 Å². The van der Waals surface area contributed by atoms with E-state index in [2.05, 4.69) is 15.1 Å². The van der Waals surface area contributed by atoms with Crippen molar-refractivity contribution in [1.82, 2.24) is 19.6 Å². The van der Waals surface area contributed by atoms with Crippen molar-refractivity contribution in [2.75, 3.05) is 0 Å². The van der Waals surface area contributed by atoms with Crippen LogP contribution < -0.4 is 5.56 Å². The van der Waals surface area contributed by atoms with Gasteiger partial charge in [0.2, 0.25) is 0 Å². The van der Waals surface area contributed by atoms with E-state index in [1.54, 1.807) is 6.20 Å². The normalized spacial score (nSPS) is 14.4. The lowest BCUT2D eigenvalue weighted by Gasteiger charge is -2.13. The molecule has 0 atom stereocenters. The summed E-state index contributed by atoms with van der Waals surface area (Å²) in [7, 11) is 0. The first-order valence-corrected chi connectivity index (χ1v) is 6.88. The van der Waals surface area contributed by atoms with Crippen LogP contribution in [0.15, 0.2) is 35.3 Å². The third kappa shape index (κ3) is 1.66. The van der Waals surface area contributed by atoms with Gasteiger partial charge in [-0.05, 0) is 37.8 Å². The Morgan fingerprint density at radius 1 is 1.20 bits per heavy atom. The average Bonchev–Trinajstić information content (AvgIpc) is 2.93. The number of aromatic amines is 1. The Kier molecular flexibility index (Phi) is 2.45. The molecule has 0 amide bonds. The van der Waals surface area contributed by atoms with E-state index in [-0.39, 0.29) is 5.56 Å². The van der Waals surface area contributed by atoms with E-state index in [0.29, 0.717) is 5.65 Å². The monoisotopic (exact) mass is 266 g/mol. The number of hydrogen-bond acceptors (Lipinski definition) is 3. The molecule has 20 heavy (non-hydrogen) atoms. The molecule has 0 fully saturated rings. The smallest absolute Gasteiger partial charge is 0.276 e. The molecular formula is C15H14N4O. The number of H-pyrrole nitrogens is 1. The molecule has 1 aliphatic rings. The number of nitrogens with zero attached hydrogens (tertiary/aromatic N) is 3. The maximum Gasteiger partial charge on any atom is 0.276 e. The predicted molar refractivity (Wildman–Crippen MR) is 75.7 cm³/mol. The molecule has 0 aliphatic heterocycles. The summed E-state index contributed by atoms with van der Waals surface area (Å²) in [5.74, 6) is 0. The number of rotatable bonds is 1. The van der Waals surface area contributed by atoms with Crippen LogP contribution in [0.5, 0.6) is 0 Å². The highest BCUT2D eigenvalue weighted by molar-refractivity contribution is 5.60. The predicted octanol–water partition coefficient (Wildman–Crippen LogP) is 1.96. The summed E-state index contributed by atoms with van der Waals surface area (Å²) < 4.78 is 1.54. The van der Waals surface area contributed by atoms with Gasteiger partial charge in [0.25, 0.3) is 5.56 Å². The van der Waals surface area contributed by atoms with Crippen LogP contribution in [0.2, 0.25) is 0 Å². The second kappa shape index (κ2) is 4.30. The summed E-state index contributed by atoms with van der Waals surface area (Å²) in [5.41, 5.74) is 4.17. The Hall–Kier alpha value is -2.43. The minimum Gasteiger partial charge on any atom is -0.287 e. The fourth-order valence-corrected chi connectivity index (χ4v) is 2.81. The van der Waals surface area contributed by atoms with Crippen molar-refractivity contribution in [1.29, 1.82) is 0 Å². The van der Waals surface area contributed by atoms with Gasteiger partial charge >= 0.3 is 0 Å². The average molecular weight is 266 g/mol. The van der Waals surface area contributed by atoms with Crippen LogP contribution in [-0.2, 0) is 12.8 Å². The molecule has 0 saturated carbocycles. The Balaban J connectivity index is 1.96. The number of hydrogen-bond donors (Lipinski definition) is 1. The van der Waals surface area contributed by atoms with Crippen LogP contribution in [0.4, 0.5) is 0 Å². The molecule has 0 radical (unpaired) electrons. The molecule has 0 unspecified atom stereocenters. The van der Waals surface area contributed by atoms with Crippen molar-refractivity contribution in [2.24, 2.45) is 0 Å². The summed E-state index contributed by atoms with van der Waals surface area (Å²) in [6, 6.07) is 7.60. The summed E-state index contributed by atoms with van der Waals surface area (Å²) in [4.78, 5) is 21.4. The molecule has 0 bridgehead atoms. The van der Waals surface area contributed by atoms with Crippen LogP contribution >= 0.6 is 0 Å². The molecule has 0 spiro atoms. The van der Waals surface area contributed by atoms with Gasteiger partial charge in [-0.2, -0.15) is 0 Å². The van der Waals surface area contributed by atoms with Crippen LogP contribution in [0.3, 0.4) is 0 Å². The molecule has 0 aromatic carbocycles. The zero-order valence-corrected chi connectivity index (χ0v) is 11.0. The lowest BCUT2D eigenvalue weighted by Crippen LogP contribution is -2.24. The highest BCUT2D eigenvalue weighted by Gasteiger charge is 2.17. The Labute approximate surface area is 115 Å². The van der Waals surface area contributed by atoms with Crippen molar-refractivity contribution in [3.05, 3.63) is 52.1 Å². The van der Waals surface area contributed by atoms with E-state index in [9.17, 15) is 4.79 Å². The van der Waals surface area contributed by atoms with E-state index in [1.165, 1.54) is 4.52 Å².